The van der Waals surface area contributed by atoms with Crippen molar-refractivity contribution >= 4 is 11.6 Å². The number of rotatable bonds is 7. The number of ether oxygens (including phenoxy) is 1. The Kier molecular flexibility index (Phi) is 6.34. The fourth-order valence-electron chi connectivity index (χ4n) is 1.66. The SMILES string of the molecule is CCOc1c(Cl)cccc1CN(C)CCNC. The molecule has 17 heavy (non-hydrogen) atoms. The van der Waals surface area contributed by atoms with E-state index in [-0.39, 0.29) is 0 Å². The van der Waals surface area contributed by atoms with E-state index in [2.05, 4.69) is 23.3 Å². The van der Waals surface area contributed by atoms with Gasteiger partial charge in [-0.05, 0) is 27.1 Å². The van der Waals surface area contributed by atoms with Crippen LogP contribution in [0.1, 0.15) is 12.5 Å². The van der Waals surface area contributed by atoms with E-state index < -0.39 is 0 Å². The molecule has 0 fully saturated rings. The van der Waals surface area contributed by atoms with Crippen molar-refractivity contribution in [3.05, 3.63) is 28.8 Å². The summed E-state index contributed by atoms with van der Waals surface area (Å²) in [5, 5.41) is 3.82. The van der Waals surface area contributed by atoms with E-state index in [1.165, 1.54) is 0 Å². The molecule has 1 aromatic carbocycles. The van der Waals surface area contributed by atoms with Gasteiger partial charge in [-0.25, -0.2) is 0 Å². The number of benzene rings is 1. The van der Waals surface area contributed by atoms with Gasteiger partial charge in [0.05, 0.1) is 11.6 Å². The Bertz CT molecular complexity index is 344. The number of hydrogen-bond donors (Lipinski definition) is 1. The van der Waals surface area contributed by atoms with E-state index in [0.717, 1.165) is 30.9 Å². The molecular weight excluding hydrogens is 236 g/mol. The van der Waals surface area contributed by atoms with Crippen molar-refractivity contribution in [1.82, 2.24) is 10.2 Å². The molecule has 96 valence electrons. The van der Waals surface area contributed by atoms with Crippen molar-refractivity contribution in [1.29, 1.82) is 0 Å². The molecule has 1 rings (SSSR count). The third-order valence-corrected chi connectivity index (χ3v) is 2.82. The average Bonchev–Trinajstić information content (AvgIpc) is 2.31. The quantitative estimate of drug-likeness (QED) is 0.811. The predicted molar refractivity (Wildman–Crippen MR) is 72.9 cm³/mol. The Morgan fingerprint density at radius 3 is 2.82 bits per heavy atom. The first-order chi connectivity index (χ1) is 8.19. The van der Waals surface area contributed by atoms with Crippen molar-refractivity contribution in [2.24, 2.45) is 0 Å². The van der Waals surface area contributed by atoms with Gasteiger partial charge in [0.25, 0.3) is 0 Å². The Morgan fingerprint density at radius 1 is 1.41 bits per heavy atom. The van der Waals surface area contributed by atoms with Crippen LogP contribution in [-0.2, 0) is 6.54 Å². The molecule has 0 aliphatic heterocycles. The highest BCUT2D eigenvalue weighted by Gasteiger charge is 2.09. The van der Waals surface area contributed by atoms with Gasteiger partial charge >= 0.3 is 0 Å². The molecule has 4 heteroatoms. The van der Waals surface area contributed by atoms with E-state index >= 15 is 0 Å². The summed E-state index contributed by atoms with van der Waals surface area (Å²) in [5.74, 6) is 0.813. The third kappa shape index (κ3) is 4.54. The maximum Gasteiger partial charge on any atom is 0.142 e. The summed E-state index contributed by atoms with van der Waals surface area (Å²) in [6.45, 7) is 5.42. The lowest BCUT2D eigenvalue weighted by molar-refractivity contribution is 0.304. The molecule has 0 atom stereocenters. The average molecular weight is 257 g/mol. The highest BCUT2D eigenvalue weighted by atomic mass is 35.5. The maximum atomic E-state index is 6.14. The minimum atomic E-state index is 0.636. The highest BCUT2D eigenvalue weighted by molar-refractivity contribution is 6.32. The van der Waals surface area contributed by atoms with E-state index in [0.29, 0.717) is 11.6 Å². The Hall–Kier alpha value is -0.770. The van der Waals surface area contributed by atoms with Crippen LogP contribution in [0, 0.1) is 0 Å². The zero-order chi connectivity index (χ0) is 12.7. The third-order valence-electron chi connectivity index (χ3n) is 2.52. The van der Waals surface area contributed by atoms with Crippen LogP contribution < -0.4 is 10.1 Å². The first-order valence-corrected chi connectivity index (χ1v) is 6.30. The summed E-state index contributed by atoms with van der Waals surface area (Å²) in [6, 6.07) is 5.89. The number of likely N-dealkylation sites (N-methyl/N-ethyl adjacent to an activating group) is 2. The van der Waals surface area contributed by atoms with Crippen LogP contribution in [0.25, 0.3) is 0 Å². The van der Waals surface area contributed by atoms with Gasteiger partial charge in [-0.15, -0.1) is 0 Å². The monoisotopic (exact) mass is 256 g/mol. The topological polar surface area (TPSA) is 24.5 Å². The molecule has 0 spiro atoms. The molecule has 0 aliphatic rings. The normalized spacial score (nSPS) is 10.9. The fourth-order valence-corrected chi connectivity index (χ4v) is 1.91. The molecule has 0 aliphatic carbocycles. The lowest BCUT2D eigenvalue weighted by atomic mass is 10.2. The molecule has 0 saturated heterocycles. The first kappa shape index (κ1) is 14.3. The second kappa shape index (κ2) is 7.54. The van der Waals surface area contributed by atoms with Crippen molar-refractivity contribution in [2.45, 2.75) is 13.5 Å². The molecule has 0 amide bonds. The maximum absolute atomic E-state index is 6.14. The molecular formula is C13H21ClN2O. The standard InChI is InChI=1S/C13H21ClN2O/c1-4-17-13-11(6-5-7-12(13)14)10-16(3)9-8-15-2/h5-7,15H,4,8-10H2,1-3H3. The summed E-state index contributed by atoms with van der Waals surface area (Å²) in [7, 11) is 4.05. The molecule has 3 nitrogen and oxygen atoms in total. The second-order valence-corrected chi connectivity index (χ2v) is 4.41. The van der Waals surface area contributed by atoms with Gasteiger partial charge in [0.1, 0.15) is 5.75 Å². The van der Waals surface area contributed by atoms with Crippen LogP contribution in [-0.4, -0.2) is 38.7 Å². The van der Waals surface area contributed by atoms with Crippen LogP contribution in [0.2, 0.25) is 5.02 Å². The molecule has 0 saturated carbocycles. The molecule has 1 aromatic rings. The summed E-state index contributed by atoms with van der Waals surface area (Å²) in [4.78, 5) is 2.24. The van der Waals surface area contributed by atoms with Gasteiger partial charge in [0, 0.05) is 25.2 Å². The summed E-state index contributed by atoms with van der Waals surface area (Å²) in [6.07, 6.45) is 0. The van der Waals surface area contributed by atoms with E-state index in [1.54, 1.807) is 0 Å². The van der Waals surface area contributed by atoms with Crippen LogP contribution in [0.5, 0.6) is 5.75 Å². The van der Waals surface area contributed by atoms with Crippen LogP contribution in [0.15, 0.2) is 18.2 Å². The zero-order valence-electron chi connectivity index (χ0n) is 10.8. The molecule has 0 aromatic heterocycles. The van der Waals surface area contributed by atoms with Gasteiger partial charge in [-0.1, -0.05) is 23.7 Å². The summed E-state index contributed by atoms with van der Waals surface area (Å²) < 4.78 is 5.60. The molecule has 0 radical (unpaired) electrons. The van der Waals surface area contributed by atoms with Crippen LogP contribution in [0.4, 0.5) is 0 Å². The van der Waals surface area contributed by atoms with Gasteiger partial charge in [0.2, 0.25) is 0 Å². The molecule has 1 N–H and O–H groups in total. The van der Waals surface area contributed by atoms with Crippen LogP contribution >= 0.6 is 11.6 Å². The Morgan fingerprint density at radius 2 is 2.18 bits per heavy atom. The minimum absolute atomic E-state index is 0.636. The predicted octanol–water partition coefficient (Wildman–Crippen LogP) is 2.39. The van der Waals surface area contributed by atoms with E-state index in [1.807, 2.05) is 26.1 Å². The number of hydrogen-bond acceptors (Lipinski definition) is 3. The van der Waals surface area contributed by atoms with Crippen molar-refractivity contribution in [3.8, 4) is 5.75 Å². The van der Waals surface area contributed by atoms with Crippen molar-refractivity contribution < 1.29 is 4.74 Å². The highest BCUT2D eigenvalue weighted by Crippen LogP contribution is 2.29. The number of nitrogens with one attached hydrogen (secondary N) is 1. The zero-order valence-corrected chi connectivity index (χ0v) is 11.5. The molecule has 0 bridgehead atoms. The van der Waals surface area contributed by atoms with Gasteiger partial charge < -0.3 is 15.0 Å². The minimum Gasteiger partial charge on any atom is -0.492 e. The number of nitrogens with zero attached hydrogens (tertiary/aromatic N) is 1. The number of para-hydroxylation sites is 1. The van der Waals surface area contributed by atoms with Gasteiger partial charge in [-0.2, -0.15) is 0 Å². The Balaban J connectivity index is 2.72. The Labute approximate surface area is 109 Å². The summed E-state index contributed by atoms with van der Waals surface area (Å²) in [5.41, 5.74) is 1.14. The van der Waals surface area contributed by atoms with Crippen molar-refractivity contribution in [3.63, 3.8) is 0 Å². The number of halogens is 1. The van der Waals surface area contributed by atoms with Gasteiger partial charge in [-0.3, -0.25) is 0 Å². The second-order valence-electron chi connectivity index (χ2n) is 4.00. The smallest absolute Gasteiger partial charge is 0.142 e. The van der Waals surface area contributed by atoms with Gasteiger partial charge in [0.15, 0.2) is 0 Å². The lowest BCUT2D eigenvalue weighted by Crippen LogP contribution is -2.27. The first-order valence-electron chi connectivity index (χ1n) is 5.92. The van der Waals surface area contributed by atoms with E-state index in [9.17, 15) is 0 Å². The van der Waals surface area contributed by atoms with E-state index in [4.69, 9.17) is 16.3 Å². The van der Waals surface area contributed by atoms with Crippen molar-refractivity contribution in [2.75, 3.05) is 33.8 Å². The fraction of sp³-hybridized carbons (Fsp3) is 0.538. The molecule has 0 unspecified atom stereocenters. The lowest BCUT2D eigenvalue weighted by Gasteiger charge is -2.19. The molecule has 0 heterocycles. The summed E-state index contributed by atoms with van der Waals surface area (Å²) >= 11 is 6.14. The largest absolute Gasteiger partial charge is 0.492 e. The van der Waals surface area contributed by atoms with Crippen LogP contribution in [0.3, 0.4) is 0 Å².